The molecule has 0 bridgehead atoms. The van der Waals surface area contributed by atoms with Crippen LogP contribution in [-0.2, 0) is 4.74 Å². The first-order valence-electron chi connectivity index (χ1n) is 1.60. The summed E-state index contributed by atoms with van der Waals surface area (Å²) in [6.45, 7) is 3.10. The standard InChI is InChI=1S/C3H8NO2/c1-3(5)6-2-4/h3,5H,1-2,4H2. The lowest BCUT2D eigenvalue weighted by molar-refractivity contribution is -0.0637. The zero-order valence-electron chi connectivity index (χ0n) is 3.42. The summed E-state index contributed by atoms with van der Waals surface area (Å²) in [6.07, 6.45) is -0.977. The maximum atomic E-state index is 8.14. The van der Waals surface area contributed by atoms with E-state index in [0.29, 0.717) is 0 Å². The molecule has 3 heteroatoms. The van der Waals surface area contributed by atoms with Gasteiger partial charge in [-0.25, -0.2) is 0 Å². The molecule has 0 saturated carbocycles. The van der Waals surface area contributed by atoms with Crippen molar-refractivity contribution in [3.05, 3.63) is 6.92 Å². The van der Waals surface area contributed by atoms with Gasteiger partial charge in [0.2, 0.25) is 0 Å². The van der Waals surface area contributed by atoms with Crippen molar-refractivity contribution in [3.63, 3.8) is 0 Å². The fraction of sp³-hybridized carbons (Fsp3) is 0.667. The van der Waals surface area contributed by atoms with Gasteiger partial charge in [-0.2, -0.15) is 0 Å². The molecule has 6 heavy (non-hydrogen) atoms. The van der Waals surface area contributed by atoms with E-state index in [-0.39, 0.29) is 6.73 Å². The molecule has 0 aliphatic heterocycles. The molecule has 0 fully saturated rings. The van der Waals surface area contributed by atoms with Crippen molar-refractivity contribution in [2.75, 3.05) is 6.73 Å². The molecule has 0 aliphatic carbocycles. The molecule has 3 N–H and O–H groups in total. The Hall–Kier alpha value is -0.120. The highest BCUT2D eigenvalue weighted by molar-refractivity contribution is 4.35. The maximum absolute atomic E-state index is 8.14. The van der Waals surface area contributed by atoms with Crippen LogP contribution in [0.3, 0.4) is 0 Å². The van der Waals surface area contributed by atoms with Crippen molar-refractivity contribution < 1.29 is 9.84 Å². The minimum atomic E-state index is -0.977. The Kier molecular flexibility index (Phi) is 3.02. The van der Waals surface area contributed by atoms with Crippen LogP contribution < -0.4 is 5.73 Å². The zero-order chi connectivity index (χ0) is 4.99. The molecule has 0 rings (SSSR count). The van der Waals surface area contributed by atoms with Crippen molar-refractivity contribution in [3.8, 4) is 0 Å². The van der Waals surface area contributed by atoms with E-state index >= 15 is 0 Å². The quantitative estimate of drug-likeness (QED) is 0.431. The minimum absolute atomic E-state index is 0.0185. The van der Waals surface area contributed by atoms with Gasteiger partial charge < -0.3 is 15.6 Å². The van der Waals surface area contributed by atoms with Crippen molar-refractivity contribution in [2.24, 2.45) is 5.73 Å². The molecule has 37 valence electrons. The number of aliphatic hydroxyl groups excluding tert-OH is 1. The second-order valence-corrected chi connectivity index (χ2v) is 0.788. The predicted octanol–water partition coefficient (Wildman–Crippen LogP) is -0.928. The van der Waals surface area contributed by atoms with Gasteiger partial charge in [0.15, 0.2) is 6.29 Å². The molecule has 0 spiro atoms. The van der Waals surface area contributed by atoms with Crippen molar-refractivity contribution in [1.29, 1.82) is 0 Å². The highest BCUT2D eigenvalue weighted by Gasteiger charge is 1.85. The Labute approximate surface area is 36.7 Å². The molecule has 0 amide bonds. The minimum Gasteiger partial charge on any atom is -0.368 e. The molecule has 1 unspecified atom stereocenters. The monoisotopic (exact) mass is 90.1 g/mol. The summed E-state index contributed by atoms with van der Waals surface area (Å²) in [6, 6.07) is 0. The fourth-order valence-corrected chi connectivity index (χ4v) is 0.111. The third-order valence-corrected chi connectivity index (χ3v) is 0.289. The van der Waals surface area contributed by atoms with E-state index in [4.69, 9.17) is 10.8 Å². The van der Waals surface area contributed by atoms with Gasteiger partial charge in [0.05, 0.1) is 6.73 Å². The molecular formula is C3H8NO2. The first kappa shape index (κ1) is 5.88. The van der Waals surface area contributed by atoms with Gasteiger partial charge in [-0.15, -0.1) is 0 Å². The Morgan fingerprint density at radius 1 is 2.00 bits per heavy atom. The highest BCUT2D eigenvalue weighted by Crippen LogP contribution is 1.74. The number of ether oxygens (including phenoxy) is 1. The topological polar surface area (TPSA) is 55.5 Å². The third-order valence-electron chi connectivity index (χ3n) is 0.289. The van der Waals surface area contributed by atoms with Gasteiger partial charge in [-0.1, -0.05) is 0 Å². The van der Waals surface area contributed by atoms with Gasteiger partial charge >= 0.3 is 0 Å². The van der Waals surface area contributed by atoms with E-state index in [2.05, 4.69) is 11.7 Å². The second kappa shape index (κ2) is 3.08. The highest BCUT2D eigenvalue weighted by atomic mass is 16.6. The number of nitrogens with two attached hydrogens (primary N) is 1. The predicted molar refractivity (Wildman–Crippen MR) is 21.5 cm³/mol. The van der Waals surface area contributed by atoms with E-state index < -0.39 is 6.29 Å². The van der Waals surface area contributed by atoms with E-state index in [0.717, 1.165) is 0 Å². The van der Waals surface area contributed by atoms with Crippen molar-refractivity contribution >= 4 is 0 Å². The number of hydrogen-bond donors (Lipinski definition) is 2. The maximum Gasteiger partial charge on any atom is 0.156 e. The summed E-state index contributed by atoms with van der Waals surface area (Å²) in [5, 5.41) is 8.14. The first-order valence-corrected chi connectivity index (χ1v) is 1.60. The third kappa shape index (κ3) is 3.88. The summed E-state index contributed by atoms with van der Waals surface area (Å²) in [7, 11) is 0. The zero-order valence-corrected chi connectivity index (χ0v) is 3.42. The van der Waals surface area contributed by atoms with Crippen LogP contribution >= 0.6 is 0 Å². The lowest BCUT2D eigenvalue weighted by Crippen LogP contribution is -2.13. The summed E-state index contributed by atoms with van der Waals surface area (Å²) in [5.41, 5.74) is 4.81. The van der Waals surface area contributed by atoms with Crippen LogP contribution in [-0.4, -0.2) is 18.1 Å². The molecule has 0 aromatic rings. The summed E-state index contributed by atoms with van der Waals surface area (Å²) in [4.78, 5) is 0. The van der Waals surface area contributed by atoms with Crippen LogP contribution in [0.1, 0.15) is 0 Å². The molecule has 0 heterocycles. The number of hydrogen-bond acceptors (Lipinski definition) is 3. The second-order valence-electron chi connectivity index (χ2n) is 0.788. The molecule has 0 saturated heterocycles. The molecule has 1 atom stereocenters. The van der Waals surface area contributed by atoms with Crippen molar-refractivity contribution in [2.45, 2.75) is 6.29 Å². The van der Waals surface area contributed by atoms with Crippen LogP contribution in [0.5, 0.6) is 0 Å². The van der Waals surface area contributed by atoms with Crippen LogP contribution in [0.4, 0.5) is 0 Å². The largest absolute Gasteiger partial charge is 0.368 e. The van der Waals surface area contributed by atoms with Crippen molar-refractivity contribution in [1.82, 2.24) is 0 Å². The van der Waals surface area contributed by atoms with Gasteiger partial charge in [0.1, 0.15) is 0 Å². The molecule has 0 aromatic heterocycles. The van der Waals surface area contributed by atoms with Gasteiger partial charge in [-0.3, -0.25) is 0 Å². The van der Waals surface area contributed by atoms with Crippen LogP contribution in [0.15, 0.2) is 0 Å². The normalized spacial score (nSPS) is 14.5. The molecular weight excluding hydrogens is 82.0 g/mol. The lowest BCUT2D eigenvalue weighted by Gasteiger charge is -1.99. The van der Waals surface area contributed by atoms with Gasteiger partial charge in [0, 0.05) is 6.92 Å². The van der Waals surface area contributed by atoms with E-state index in [1.165, 1.54) is 0 Å². The SMILES string of the molecule is [CH2]C(O)OCN. The Bertz CT molecular complexity index is 30.0. The van der Waals surface area contributed by atoms with Gasteiger partial charge in [-0.05, 0) is 0 Å². The summed E-state index contributed by atoms with van der Waals surface area (Å²) in [5.74, 6) is 0. The Morgan fingerprint density at radius 3 is 2.50 bits per heavy atom. The lowest BCUT2D eigenvalue weighted by atomic mass is 10.8. The van der Waals surface area contributed by atoms with Crippen LogP contribution in [0.25, 0.3) is 0 Å². The van der Waals surface area contributed by atoms with E-state index in [1.807, 2.05) is 0 Å². The number of rotatable bonds is 2. The molecule has 0 aliphatic rings. The summed E-state index contributed by atoms with van der Waals surface area (Å²) < 4.78 is 4.26. The van der Waals surface area contributed by atoms with E-state index in [1.54, 1.807) is 0 Å². The summed E-state index contributed by atoms with van der Waals surface area (Å²) >= 11 is 0. The van der Waals surface area contributed by atoms with E-state index in [9.17, 15) is 0 Å². The average Bonchev–Trinajstić information content (AvgIpc) is 1.35. The smallest absolute Gasteiger partial charge is 0.156 e. The number of aliphatic hydroxyl groups is 1. The Balaban J connectivity index is 2.63. The molecule has 0 aromatic carbocycles. The molecule has 1 radical (unpaired) electrons. The van der Waals surface area contributed by atoms with Gasteiger partial charge in [0.25, 0.3) is 0 Å². The Morgan fingerprint density at radius 2 is 2.50 bits per heavy atom. The fourth-order valence-electron chi connectivity index (χ4n) is 0.111. The van der Waals surface area contributed by atoms with Crippen LogP contribution in [0.2, 0.25) is 0 Å². The first-order chi connectivity index (χ1) is 2.77. The van der Waals surface area contributed by atoms with Crippen LogP contribution in [0, 0.1) is 6.92 Å². The average molecular weight is 90.1 g/mol. The molecule has 3 nitrogen and oxygen atoms in total.